The van der Waals surface area contributed by atoms with Crippen LogP contribution in [0.25, 0.3) is 0 Å². The maximum absolute atomic E-state index is 12.3. The van der Waals surface area contributed by atoms with Crippen molar-refractivity contribution < 1.29 is 9.53 Å². The molecule has 1 heterocycles. The summed E-state index contributed by atoms with van der Waals surface area (Å²) in [6.07, 6.45) is 6.02. The lowest BCUT2D eigenvalue weighted by molar-refractivity contribution is -0.158. The number of esters is 1. The normalized spacial score (nSPS) is 18.9. The molecule has 0 atom stereocenters. The Morgan fingerprint density at radius 3 is 2.56 bits per heavy atom. The Balaban J connectivity index is 2.39. The van der Waals surface area contributed by atoms with Crippen molar-refractivity contribution in [1.29, 1.82) is 0 Å². The zero-order valence-corrected chi connectivity index (χ0v) is 12.3. The van der Waals surface area contributed by atoms with E-state index in [-0.39, 0.29) is 11.4 Å². The summed E-state index contributed by atoms with van der Waals surface area (Å²) in [6, 6.07) is 0. The second kappa shape index (κ2) is 7.78. The number of nitrogens with one attached hydrogen (secondary N) is 1. The summed E-state index contributed by atoms with van der Waals surface area (Å²) in [4.78, 5) is 12.3. The summed E-state index contributed by atoms with van der Waals surface area (Å²) in [5, 5.41) is 3.33. The highest BCUT2D eigenvalue weighted by molar-refractivity contribution is 5.77. The molecule has 1 fully saturated rings. The maximum Gasteiger partial charge on any atom is 0.312 e. The van der Waals surface area contributed by atoms with Gasteiger partial charge in [0.25, 0.3) is 0 Å². The zero-order valence-electron chi connectivity index (χ0n) is 12.3. The molecule has 1 N–H and O–H groups in total. The van der Waals surface area contributed by atoms with Gasteiger partial charge in [0.15, 0.2) is 0 Å². The lowest BCUT2D eigenvalue weighted by Crippen LogP contribution is -2.43. The van der Waals surface area contributed by atoms with Crippen molar-refractivity contribution >= 4 is 5.97 Å². The lowest BCUT2D eigenvalue weighted by Gasteiger charge is -2.35. The first kappa shape index (κ1) is 15.5. The Hall–Kier alpha value is -0.570. The maximum atomic E-state index is 12.3. The molecule has 0 amide bonds. The van der Waals surface area contributed by atoms with Crippen LogP contribution in [-0.4, -0.2) is 25.7 Å². The van der Waals surface area contributed by atoms with Gasteiger partial charge in [-0.25, -0.2) is 0 Å². The average molecular weight is 255 g/mol. The summed E-state index contributed by atoms with van der Waals surface area (Å²) in [6.45, 7) is 9.04. The van der Waals surface area contributed by atoms with E-state index in [0.717, 1.165) is 51.6 Å². The van der Waals surface area contributed by atoms with Crippen molar-refractivity contribution in [3.05, 3.63) is 0 Å². The molecule has 0 aromatic heterocycles. The minimum absolute atomic E-state index is 0.0506. The monoisotopic (exact) mass is 255 g/mol. The van der Waals surface area contributed by atoms with Gasteiger partial charge < -0.3 is 10.1 Å². The summed E-state index contributed by atoms with van der Waals surface area (Å²) < 4.78 is 5.52. The smallest absolute Gasteiger partial charge is 0.312 e. The standard InChI is InChI=1S/C15H29NO2/c1-4-7-15(8-10-16-11-9-15)14(17)18-12-5-6-13(2)3/h13,16H,4-12H2,1-3H3. The molecule has 0 aromatic carbocycles. The highest BCUT2D eigenvalue weighted by Crippen LogP contribution is 2.35. The number of rotatable bonds is 7. The Kier molecular flexibility index (Phi) is 6.69. The minimum atomic E-state index is -0.197. The molecule has 0 aromatic rings. The molecule has 3 nitrogen and oxygen atoms in total. The van der Waals surface area contributed by atoms with Gasteiger partial charge in [-0.3, -0.25) is 4.79 Å². The van der Waals surface area contributed by atoms with Crippen molar-refractivity contribution in [3.63, 3.8) is 0 Å². The SMILES string of the molecule is CCCC1(C(=O)OCCCC(C)C)CCNCC1. The number of carbonyl (C=O) groups is 1. The van der Waals surface area contributed by atoms with Gasteiger partial charge in [0.2, 0.25) is 0 Å². The molecule has 0 spiro atoms. The number of carbonyl (C=O) groups excluding carboxylic acids is 1. The molecule has 3 heteroatoms. The van der Waals surface area contributed by atoms with Gasteiger partial charge in [0, 0.05) is 0 Å². The molecular formula is C15H29NO2. The first-order valence-corrected chi connectivity index (χ1v) is 7.48. The van der Waals surface area contributed by atoms with Gasteiger partial charge >= 0.3 is 5.97 Å². The molecule has 0 radical (unpaired) electrons. The van der Waals surface area contributed by atoms with E-state index in [1.54, 1.807) is 0 Å². The van der Waals surface area contributed by atoms with E-state index in [1.165, 1.54) is 0 Å². The van der Waals surface area contributed by atoms with E-state index in [2.05, 4.69) is 26.1 Å². The number of piperidine rings is 1. The van der Waals surface area contributed by atoms with Crippen LogP contribution in [0.2, 0.25) is 0 Å². The van der Waals surface area contributed by atoms with Crippen LogP contribution in [0, 0.1) is 11.3 Å². The van der Waals surface area contributed by atoms with Crippen molar-refractivity contribution in [2.45, 2.75) is 59.3 Å². The molecule has 0 saturated carbocycles. The fourth-order valence-electron chi connectivity index (χ4n) is 2.75. The van der Waals surface area contributed by atoms with Crippen LogP contribution in [0.1, 0.15) is 59.3 Å². The van der Waals surface area contributed by atoms with Crippen molar-refractivity contribution in [1.82, 2.24) is 5.32 Å². The molecule has 18 heavy (non-hydrogen) atoms. The van der Waals surface area contributed by atoms with E-state index in [4.69, 9.17) is 4.74 Å². The molecule has 0 aliphatic carbocycles. The van der Waals surface area contributed by atoms with Gasteiger partial charge in [-0.2, -0.15) is 0 Å². The third-order valence-corrected chi connectivity index (χ3v) is 3.88. The Morgan fingerprint density at radius 1 is 1.33 bits per heavy atom. The molecule has 106 valence electrons. The topological polar surface area (TPSA) is 38.3 Å². The highest BCUT2D eigenvalue weighted by atomic mass is 16.5. The van der Waals surface area contributed by atoms with Gasteiger partial charge in [-0.05, 0) is 51.1 Å². The van der Waals surface area contributed by atoms with E-state index in [9.17, 15) is 4.79 Å². The Bertz CT molecular complexity index is 239. The van der Waals surface area contributed by atoms with Crippen LogP contribution >= 0.6 is 0 Å². The van der Waals surface area contributed by atoms with Gasteiger partial charge in [0.05, 0.1) is 12.0 Å². The fraction of sp³-hybridized carbons (Fsp3) is 0.933. The van der Waals surface area contributed by atoms with Crippen molar-refractivity contribution in [3.8, 4) is 0 Å². The summed E-state index contributed by atoms with van der Waals surface area (Å²) in [5.41, 5.74) is -0.197. The van der Waals surface area contributed by atoms with Crippen LogP contribution in [0.3, 0.4) is 0 Å². The quantitative estimate of drug-likeness (QED) is 0.561. The minimum Gasteiger partial charge on any atom is -0.465 e. The predicted molar refractivity (Wildman–Crippen MR) is 74.5 cm³/mol. The first-order valence-electron chi connectivity index (χ1n) is 7.48. The second-order valence-corrected chi connectivity index (χ2v) is 5.95. The summed E-state index contributed by atoms with van der Waals surface area (Å²) in [7, 11) is 0. The van der Waals surface area contributed by atoms with Gasteiger partial charge in [-0.1, -0.05) is 27.2 Å². The third kappa shape index (κ3) is 4.60. The van der Waals surface area contributed by atoms with Crippen LogP contribution < -0.4 is 5.32 Å². The van der Waals surface area contributed by atoms with Crippen molar-refractivity contribution in [2.24, 2.45) is 11.3 Å². The molecule has 0 bridgehead atoms. The predicted octanol–water partition coefficient (Wildman–Crippen LogP) is 3.14. The Labute approximate surface area is 112 Å². The van der Waals surface area contributed by atoms with E-state index >= 15 is 0 Å². The molecule has 1 saturated heterocycles. The van der Waals surface area contributed by atoms with E-state index < -0.39 is 0 Å². The highest BCUT2D eigenvalue weighted by Gasteiger charge is 2.39. The van der Waals surface area contributed by atoms with Gasteiger partial charge in [0.1, 0.15) is 0 Å². The molecule has 1 rings (SSSR count). The summed E-state index contributed by atoms with van der Waals surface area (Å²) in [5.74, 6) is 0.738. The number of ether oxygens (including phenoxy) is 1. The van der Waals surface area contributed by atoms with Crippen LogP contribution in [0.15, 0.2) is 0 Å². The van der Waals surface area contributed by atoms with Crippen LogP contribution in [0.5, 0.6) is 0 Å². The molecule has 0 unspecified atom stereocenters. The second-order valence-electron chi connectivity index (χ2n) is 5.95. The van der Waals surface area contributed by atoms with Crippen LogP contribution in [-0.2, 0) is 9.53 Å². The van der Waals surface area contributed by atoms with Crippen LogP contribution in [0.4, 0.5) is 0 Å². The van der Waals surface area contributed by atoms with E-state index in [1.807, 2.05) is 0 Å². The Morgan fingerprint density at radius 2 is 2.00 bits per heavy atom. The van der Waals surface area contributed by atoms with Gasteiger partial charge in [-0.15, -0.1) is 0 Å². The lowest BCUT2D eigenvalue weighted by atomic mass is 9.75. The summed E-state index contributed by atoms with van der Waals surface area (Å²) >= 11 is 0. The first-order chi connectivity index (χ1) is 8.60. The molecule has 1 aliphatic heterocycles. The zero-order chi connectivity index (χ0) is 13.4. The average Bonchev–Trinajstić information content (AvgIpc) is 2.35. The largest absolute Gasteiger partial charge is 0.465 e. The van der Waals surface area contributed by atoms with E-state index in [0.29, 0.717) is 12.5 Å². The van der Waals surface area contributed by atoms with Crippen molar-refractivity contribution in [2.75, 3.05) is 19.7 Å². The molecule has 1 aliphatic rings. The third-order valence-electron chi connectivity index (χ3n) is 3.88. The fourth-order valence-corrected chi connectivity index (χ4v) is 2.75. The molecular weight excluding hydrogens is 226 g/mol. The number of hydrogen-bond acceptors (Lipinski definition) is 3. The number of hydrogen-bond donors (Lipinski definition) is 1.